The van der Waals surface area contributed by atoms with Crippen LogP contribution in [0.1, 0.15) is 47.8 Å². The topological polar surface area (TPSA) is 29.3 Å². The summed E-state index contributed by atoms with van der Waals surface area (Å²) < 4.78 is 2.40. The normalized spacial score (nSPS) is 15.0. The van der Waals surface area contributed by atoms with Crippen LogP contribution in [0.25, 0.3) is 77.7 Å². The SMILES string of the molecule is CC1(C)c2ccccc2-c2cccc(-c3cccc(-c4cccc(-c5ccc6c(c5)c5ccccc5n6-c5cccc(C6N=C(c7ccccc7)C=C(c7ccccc7)N6)c5)c4)c3)c21. The Balaban J connectivity index is 0.903. The molecule has 0 saturated heterocycles. The third-order valence-electron chi connectivity index (χ3n) is 13.4. The van der Waals surface area contributed by atoms with Crippen LogP contribution >= 0.6 is 0 Å². The molecule has 64 heavy (non-hydrogen) atoms. The van der Waals surface area contributed by atoms with Crippen LogP contribution in [0.3, 0.4) is 0 Å². The summed E-state index contributed by atoms with van der Waals surface area (Å²) in [7, 11) is 0. The Morgan fingerprint density at radius 3 is 1.81 bits per heavy atom. The van der Waals surface area contributed by atoms with Gasteiger partial charge in [0.1, 0.15) is 6.17 Å². The van der Waals surface area contributed by atoms with E-state index in [0.717, 1.165) is 33.8 Å². The monoisotopic (exact) mass is 819 g/mol. The second kappa shape index (κ2) is 15.1. The van der Waals surface area contributed by atoms with Crippen LogP contribution in [0.4, 0.5) is 0 Å². The van der Waals surface area contributed by atoms with E-state index in [2.05, 4.69) is 248 Å². The highest BCUT2D eigenvalue weighted by atomic mass is 15.1. The van der Waals surface area contributed by atoms with Gasteiger partial charge in [-0.2, -0.15) is 0 Å². The fraction of sp³-hybridized carbons (Fsp3) is 0.0656. The van der Waals surface area contributed by atoms with E-state index in [9.17, 15) is 0 Å². The highest BCUT2D eigenvalue weighted by molar-refractivity contribution is 6.13. The van der Waals surface area contributed by atoms with Crippen molar-refractivity contribution in [1.29, 1.82) is 0 Å². The zero-order valence-electron chi connectivity index (χ0n) is 35.8. The zero-order valence-corrected chi connectivity index (χ0v) is 35.8. The van der Waals surface area contributed by atoms with Crippen molar-refractivity contribution < 1.29 is 0 Å². The summed E-state index contributed by atoms with van der Waals surface area (Å²) >= 11 is 0. The first-order valence-corrected chi connectivity index (χ1v) is 22.2. The van der Waals surface area contributed by atoms with Crippen molar-refractivity contribution in [1.82, 2.24) is 9.88 Å². The van der Waals surface area contributed by atoms with Gasteiger partial charge in [-0.25, -0.2) is 0 Å². The number of aromatic nitrogens is 1. The minimum atomic E-state index is -0.263. The minimum Gasteiger partial charge on any atom is -0.360 e. The molecular weight excluding hydrogens is 775 g/mol. The lowest BCUT2D eigenvalue weighted by Crippen LogP contribution is -2.25. The smallest absolute Gasteiger partial charge is 0.145 e. The average molecular weight is 820 g/mol. The van der Waals surface area contributed by atoms with E-state index >= 15 is 0 Å². The van der Waals surface area contributed by atoms with Gasteiger partial charge in [-0.05, 0) is 121 Å². The van der Waals surface area contributed by atoms with Crippen LogP contribution in [0.2, 0.25) is 0 Å². The van der Waals surface area contributed by atoms with Crippen LogP contribution in [0.15, 0.2) is 229 Å². The number of allylic oxidation sites excluding steroid dienone is 1. The van der Waals surface area contributed by atoms with E-state index in [1.165, 1.54) is 77.4 Å². The quantitative estimate of drug-likeness (QED) is 0.171. The molecule has 9 aromatic carbocycles. The third kappa shape index (κ3) is 6.31. The fourth-order valence-corrected chi connectivity index (χ4v) is 10.3. The van der Waals surface area contributed by atoms with Crippen LogP contribution in [-0.2, 0) is 5.41 Å². The molecule has 12 rings (SSSR count). The molecule has 1 unspecified atom stereocenters. The Hall–Kier alpha value is -8.01. The van der Waals surface area contributed by atoms with Crippen molar-refractivity contribution in [2.45, 2.75) is 25.4 Å². The Morgan fingerprint density at radius 2 is 1.02 bits per heavy atom. The van der Waals surface area contributed by atoms with Gasteiger partial charge in [-0.3, -0.25) is 4.99 Å². The summed E-state index contributed by atoms with van der Waals surface area (Å²) in [5.74, 6) is 0. The molecule has 0 radical (unpaired) electrons. The first-order valence-electron chi connectivity index (χ1n) is 22.2. The summed E-state index contributed by atoms with van der Waals surface area (Å²) in [5, 5.41) is 6.22. The molecule has 10 aromatic rings. The second-order valence-electron chi connectivity index (χ2n) is 17.6. The molecule has 2 aliphatic rings. The summed E-state index contributed by atoms with van der Waals surface area (Å²) in [4.78, 5) is 5.29. The number of hydrogen-bond donors (Lipinski definition) is 1. The molecule has 0 bridgehead atoms. The number of benzene rings is 9. The molecule has 304 valence electrons. The maximum Gasteiger partial charge on any atom is 0.145 e. The van der Waals surface area contributed by atoms with Crippen molar-refractivity contribution in [2.75, 3.05) is 0 Å². The fourth-order valence-electron chi connectivity index (χ4n) is 10.3. The Bertz CT molecular complexity index is 3500. The van der Waals surface area contributed by atoms with E-state index in [4.69, 9.17) is 4.99 Å². The molecule has 0 amide bonds. The van der Waals surface area contributed by atoms with Crippen molar-refractivity contribution in [3.05, 3.63) is 252 Å². The molecule has 1 aromatic heterocycles. The number of rotatable bonds is 7. The van der Waals surface area contributed by atoms with Gasteiger partial charge in [0.2, 0.25) is 0 Å². The van der Waals surface area contributed by atoms with E-state index in [-0.39, 0.29) is 11.6 Å². The van der Waals surface area contributed by atoms with Crippen molar-refractivity contribution in [3.8, 4) is 50.2 Å². The third-order valence-corrected chi connectivity index (χ3v) is 13.4. The van der Waals surface area contributed by atoms with Crippen molar-refractivity contribution in [2.24, 2.45) is 4.99 Å². The second-order valence-corrected chi connectivity index (χ2v) is 17.6. The molecule has 1 aliphatic heterocycles. The maximum absolute atomic E-state index is 5.29. The van der Waals surface area contributed by atoms with Gasteiger partial charge in [0.15, 0.2) is 0 Å². The van der Waals surface area contributed by atoms with E-state index < -0.39 is 0 Å². The largest absolute Gasteiger partial charge is 0.360 e. The van der Waals surface area contributed by atoms with E-state index in [1.54, 1.807) is 0 Å². The van der Waals surface area contributed by atoms with Crippen LogP contribution in [0, 0.1) is 0 Å². The molecule has 0 fully saturated rings. The van der Waals surface area contributed by atoms with Crippen molar-refractivity contribution in [3.63, 3.8) is 0 Å². The number of para-hydroxylation sites is 1. The highest BCUT2D eigenvalue weighted by Gasteiger charge is 2.37. The van der Waals surface area contributed by atoms with E-state index in [1.807, 2.05) is 0 Å². The number of nitrogens with zero attached hydrogens (tertiary/aromatic N) is 2. The minimum absolute atomic E-state index is 0.0824. The van der Waals surface area contributed by atoms with Gasteiger partial charge in [-0.1, -0.05) is 190 Å². The summed E-state index contributed by atoms with van der Waals surface area (Å²) in [6.45, 7) is 4.73. The first kappa shape index (κ1) is 37.7. The number of nitrogens with one attached hydrogen (secondary N) is 1. The molecule has 1 atom stereocenters. The summed E-state index contributed by atoms with van der Waals surface area (Å²) in [5.41, 5.74) is 21.6. The zero-order chi connectivity index (χ0) is 42.8. The molecule has 0 saturated carbocycles. The van der Waals surface area contributed by atoms with Gasteiger partial charge in [0, 0.05) is 27.6 Å². The molecule has 1 aliphatic carbocycles. The lowest BCUT2D eigenvalue weighted by Gasteiger charge is -2.25. The number of hydrogen-bond acceptors (Lipinski definition) is 2. The Morgan fingerprint density at radius 1 is 0.438 bits per heavy atom. The lowest BCUT2D eigenvalue weighted by molar-refractivity contribution is 0.662. The van der Waals surface area contributed by atoms with E-state index in [0.29, 0.717) is 0 Å². The van der Waals surface area contributed by atoms with Crippen molar-refractivity contribution >= 4 is 33.2 Å². The van der Waals surface area contributed by atoms with Gasteiger partial charge < -0.3 is 9.88 Å². The number of aliphatic imine (C=N–C) groups is 1. The van der Waals surface area contributed by atoms with Crippen LogP contribution < -0.4 is 5.32 Å². The maximum atomic E-state index is 5.29. The molecular formula is C61H45N3. The highest BCUT2D eigenvalue weighted by Crippen LogP contribution is 2.52. The lowest BCUT2D eigenvalue weighted by atomic mass is 9.78. The standard InChI is InChI=1S/C61H45N3/c1-61(2)54-31-11-9-27-50(54)52-30-16-29-49(59(52)61)46-24-14-23-44(36-46)42-21-13-22-43(35-42)45-33-34-58-53(38-45)51-28-10-12-32-57(51)64(58)48-26-15-25-47(37-48)60-62-55(40-17-5-3-6-18-40)39-56(63-60)41-19-7-4-8-20-41/h3-39,60,62H,1-2H3. The van der Waals surface area contributed by atoms with Crippen LogP contribution in [0.5, 0.6) is 0 Å². The summed E-state index contributed by atoms with van der Waals surface area (Å²) in [6, 6.07) is 79.3. The first-order chi connectivity index (χ1) is 31.5. The van der Waals surface area contributed by atoms with Gasteiger partial charge in [0.25, 0.3) is 0 Å². The van der Waals surface area contributed by atoms with Gasteiger partial charge in [-0.15, -0.1) is 0 Å². The average Bonchev–Trinajstić information content (AvgIpc) is 3.82. The molecule has 1 N–H and O–H groups in total. The molecule has 3 nitrogen and oxygen atoms in total. The molecule has 2 heterocycles. The van der Waals surface area contributed by atoms with Gasteiger partial charge >= 0.3 is 0 Å². The predicted octanol–water partition coefficient (Wildman–Crippen LogP) is 15.2. The molecule has 0 spiro atoms. The Kier molecular flexibility index (Phi) is 8.91. The Labute approximate surface area is 374 Å². The van der Waals surface area contributed by atoms with Gasteiger partial charge in [0.05, 0.1) is 16.7 Å². The summed E-state index contributed by atoms with van der Waals surface area (Å²) in [6.07, 6.45) is 1.90. The number of fused-ring (bicyclic) bond motifs is 6. The van der Waals surface area contributed by atoms with Crippen LogP contribution in [-0.4, -0.2) is 10.3 Å². The molecule has 3 heteroatoms. The predicted molar refractivity (Wildman–Crippen MR) is 268 cm³/mol.